The van der Waals surface area contributed by atoms with Crippen molar-refractivity contribution in [3.63, 3.8) is 0 Å². The number of para-hydroxylation sites is 1. The number of hydrogen-bond donors (Lipinski definition) is 1. The third-order valence-electron chi connectivity index (χ3n) is 5.37. The Bertz CT molecular complexity index is 1470. The van der Waals surface area contributed by atoms with Crippen molar-refractivity contribution in [3.8, 4) is 16.8 Å². The maximum absolute atomic E-state index is 12.9. The highest BCUT2D eigenvalue weighted by Crippen LogP contribution is 2.23. The number of benzene rings is 2. The summed E-state index contributed by atoms with van der Waals surface area (Å²) in [6, 6.07) is 23.7. The van der Waals surface area contributed by atoms with Gasteiger partial charge in [-0.1, -0.05) is 48.5 Å². The van der Waals surface area contributed by atoms with Crippen LogP contribution in [0.1, 0.15) is 27.4 Å². The van der Waals surface area contributed by atoms with Gasteiger partial charge in [-0.05, 0) is 49.2 Å². The number of pyridine rings is 1. The fourth-order valence-electron chi connectivity index (χ4n) is 3.78. The molecule has 0 fully saturated rings. The number of nitrogens with zero attached hydrogens (tertiary/aromatic N) is 5. The van der Waals surface area contributed by atoms with Crippen LogP contribution in [0.15, 0.2) is 90.3 Å². The van der Waals surface area contributed by atoms with E-state index >= 15 is 0 Å². The maximum Gasteiger partial charge on any atom is 0.290 e. The second-order valence-corrected chi connectivity index (χ2v) is 7.75. The molecule has 2 aromatic carbocycles. The van der Waals surface area contributed by atoms with E-state index in [4.69, 9.17) is 5.10 Å². The van der Waals surface area contributed by atoms with Crippen molar-refractivity contribution in [2.45, 2.75) is 13.8 Å². The Morgan fingerprint density at radius 3 is 2.48 bits per heavy atom. The van der Waals surface area contributed by atoms with Gasteiger partial charge in [-0.15, -0.1) is 0 Å². The number of amides is 1. The molecule has 0 saturated heterocycles. The van der Waals surface area contributed by atoms with E-state index in [1.807, 2.05) is 104 Å². The van der Waals surface area contributed by atoms with Gasteiger partial charge >= 0.3 is 0 Å². The molecule has 162 valence electrons. The van der Waals surface area contributed by atoms with Gasteiger partial charge in [0.25, 0.3) is 5.91 Å². The first-order valence-electron chi connectivity index (χ1n) is 10.6. The number of fused-ring (bicyclic) bond motifs is 1. The Morgan fingerprint density at radius 1 is 1.00 bits per heavy atom. The normalized spacial score (nSPS) is 11.3. The van der Waals surface area contributed by atoms with Gasteiger partial charge in [0, 0.05) is 18.0 Å². The van der Waals surface area contributed by atoms with Gasteiger partial charge in [-0.2, -0.15) is 10.2 Å². The first-order chi connectivity index (χ1) is 16.1. The van der Waals surface area contributed by atoms with Crippen LogP contribution in [0.25, 0.3) is 22.5 Å². The van der Waals surface area contributed by atoms with E-state index in [-0.39, 0.29) is 5.91 Å². The van der Waals surface area contributed by atoms with Crippen molar-refractivity contribution in [3.05, 3.63) is 108 Å². The predicted molar refractivity (Wildman–Crippen MR) is 129 cm³/mol. The first-order valence-corrected chi connectivity index (χ1v) is 10.6. The molecule has 0 spiro atoms. The molecule has 7 heteroatoms. The average molecular weight is 435 g/mol. The molecular formula is C26H22N6O. The third kappa shape index (κ3) is 4.04. The fraction of sp³-hybridized carbons (Fsp3) is 0.0769. The standard InChI is InChI=1S/C26H22N6O/c1-18-13-14-31-24(15-18)28-19(2)25(31)26(33)29-27-16-23-22(20-9-5-3-6-10-20)17-32(30-23)21-11-7-4-8-12-21/h3-17H,1-2H3,(H,29,33). The first kappa shape index (κ1) is 20.4. The number of rotatable bonds is 5. The van der Waals surface area contributed by atoms with Crippen LogP contribution < -0.4 is 5.43 Å². The van der Waals surface area contributed by atoms with Gasteiger partial charge in [-0.25, -0.2) is 15.1 Å². The van der Waals surface area contributed by atoms with Crippen LogP contribution in [0.5, 0.6) is 0 Å². The Hall–Kier alpha value is -4.52. The van der Waals surface area contributed by atoms with Crippen LogP contribution in [-0.2, 0) is 0 Å². The van der Waals surface area contributed by atoms with Gasteiger partial charge in [0.15, 0.2) is 0 Å². The lowest BCUT2D eigenvalue weighted by molar-refractivity contribution is 0.0948. The van der Waals surface area contributed by atoms with Gasteiger partial charge < -0.3 is 0 Å². The molecule has 0 unspecified atom stereocenters. The highest BCUT2D eigenvalue weighted by Gasteiger charge is 2.16. The molecule has 5 aromatic rings. The van der Waals surface area contributed by atoms with Crippen molar-refractivity contribution in [1.29, 1.82) is 0 Å². The summed E-state index contributed by atoms with van der Waals surface area (Å²) >= 11 is 0. The molecule has 3 aromatic heterocycles. The number of aryl methyl sites for hydroxylation is 2. The number of hydrazone groups is 1. The Balaban J connectivity index is 1.45. The van der Waals surface area contributed by atoms with E-state index in [1.54, 1.807) is 10.6 Å². The number of hydrogen-bond acceptors (Lipinski definition) is 4. The van der Waals surface area contributed by atoms with Crippen molar-refractivity contribution < 1.29 is 4.79 Å². The molecule has 1 N–H and O–H groups in total. The van der Waals surface area contributed by atoms with E-state index in [2.05, 4.69) is 15.5 Å². The highest BCUT2D eigenvalue weighted by atomic mass is 16.2. The molecule has 3 heterocycles. The zero-order chi connectivity index (χ0) is 22.8. The minimum Gasteiger partial charge on any atom is -0.295 e. The predicted octanol–water partition coefficient (Wildman–Crippen LogP) is 4.57. The van der Waals surface area contributed by atoms with E-state index < -0.39 is 0 Å². The molecule has 0 radical (unpaired) electrons. The van der Waals surface area contributed by atoms with Crippen LogP contribution in [0, 0.1) is 13.8 Å². The molecular weight excluding hydrogens is 412 g/mol. The number of nitrogens with one attached hydrogen (secondary N) is 1. The third-order valence-corrected chi connectivity index (χ3v) is 5.37. The van der Waals surface area contributed by atoms with Crippen LogP contribution in [0.2, 0.25) is 0 Å². The number of carbonyl (C=O) groups is 1. The number of aromatic nitrogens is 4. The molecule has 0 aliphatic rings. The van der Waals surface area contributed by atoms with Crippen LogP contribution in [0.4, 0.5) is 0 Å². The lowest BCUT2D eigenvalue weighted by Gasteiger charge is -2.02. The molecule has 0 atom stereocenters. The van der Waals surface area contributed by atoms with Gasteiger partial charge in [0.2, 0.25) is 0 Å². The summed E-state index contributed by atoms with van der Waals surface area (Å²) in [5.41, 5.74) is 9.07. The maximum atomic E-state index is 12.9. The minimum absolute atomic E-state index is 0.330. The SMILES string of the molecule is Cc1ccn2c(C(=O)NN=Cc3nn(-c4ccccc4)cc3-c3ccccc3)c(C)nc2c1. The second-order valence-electron chi connectivity index (χ2n) is 7.75. The lowest BCUT2D eigenvalue weighted by atomic mass is 10.1. The average Bonchev–Trinajstić information content (AvgIpc) is 3.40. The lowest BCUT2D eigenvalue weighted by Crippen LogP contribution is -2.20. The second kappa shape index (κ2) is 8.55. The van der Waals surface area contributed by atoms with E-state index in [0.29, 0.717) is 17.1 Å². The molecule has 5 rings (SSSR count). The zero-order valence-electron chi connectivity index (χ0n) is 18.3. The topological polar surface area (TPSA) is 76.6 Å². The molecule has 0 aliphatic carbocycles. The molecule has 0 saturated carbocycles. The Morgan fingerprint density at radius 2 is 1.73 bits per heavy atom. The summed E-state index contributed by atoms with van der Waals surface area (Å²) in [5.74, 6) is -0.330. The monoisotopic (exact) mass is 434 g/mol. The smallest absolute Gasteiger partial charge is 0.290 e. The van der Waals surface area contributed by atoms with E-state index in [9.17, 15) is 4.79 Å². The summed E-state index contributed by atoms with van der Waals surface area (Å²) in [7, 11) is 0. The molecule has 33 heavy (non-hydrogen) atoms. The summed E-state index contributed by atoms with van der Waals surface area (Å²) < 4.78 is 3.58. The largest absolute Gasteiger partial charge is 0.295 e. The minimum atomic E-state index is -0.330. The summed E-state index contributed by atoms with van der Waals surface area (Å²) in [4.78, 5) is 17.4. The van der Waals surface area contributed by atoms with E-state index in [0.717, 1.165) is 28.0 Å². The molecule has 1 amide bonds. The van der Waals surface area contributed by atoms with Gasteiger partial charge in [0.1, 0.15) is 17.0 Å². The summed E-state index contributed by atoms with van der Waals surface area (Å²) in [6.07, 6.45) is 5.38. The van der Waals surface area contributed by atoms with Crippen molar-refractivity contribution in [1.82, 2.24) is 24.6 Å². The van der Waals surface area contributed by atoms with E-state index in [1.165, 1.54) is 0 Å². The summed E-state index contributed by atoms with van der Waals surface area (Å²) in [6.45, 7) is 3.81. The van der Waals surface area contributed by atoms with Crippen molar-refractivity contribution >= 4 is 17.8 Å². The number of carbonyl (C=O) groups excluding carboxylic acids is 1. The van der Waals surface area contributed by atoms with Crippen LogP contribution in [-0.4, -0.2) is 31.3 Å². The Labute approximate surface area is 191 Å². The molecule has 7 nitrogen and oxygen atoms in total. The van der Waals surface area contributed by atoms with Crippen LogP contribution in [0.3, 0.4) is 0 Å². The highest BCUT2D eigenvalue weighted by molar-refractivity contribution is 5.96. The quantitative estimate of drug-likeness (QED) is 0.325. The van der Waals surface area contributed by atoms with Gasteiger partial charge in [-0.3, -0.25) is 9.20 Å². The zero-order valence-corrected chi connectivity index (χ0v) is 18.3. The van der Waals surface area contributed by atoms with Gasteiger partial charge in [0.05, 0.1) is 17.6 Å². The summed E-state index contributed by atoms with van der Waals surface area (Å²) in [5, 5.41) is 8.91. The van der Waals surface area contributed by atoms with Crippen LogP contribution >= 0.6 is 0 Å². The number of imidazole rings is 1. The van der Waals surface area contributed by atoms with Crippen molar-refractivity contribution in [2.24, 2.45) is 5.10 Å². The molecule has 0 aliphatic heterocycles. The van der Waals surface area contributed by atoms with Crippen molar-refractivity contribution in [2.75, 3.05) is 0 Å². The fourth-order valence-corrected chi connectivity index (χ4v) is 3.78. The molecule has 0 bridgehead atoms. The Kier molecular flexibility index (Phi) is 5.28.